The van der Waals surface area contributed by atoms with Gasteiger partial charge in [-0.25, -0.2) is 4.98 Å². The van der Waals surface area contributed by atoms with Gasteiger partial charge in [-0.2, -0.15) is 0 Å². The molecular formula is C9H13N5OS. The van der Waals surface area contributed by atoms with Crippen LogP contribution in [0.2, 0.25) is 0 Å². The number of hydrogen-bond donors (Lipinski definition) is 1. The average Bonchev–Trinajstić information content (AvgIpc) is 2.77. The van der Waals surface area contributed by atoms with Crippen LogP contribution >= 0.6 is 0 Å². The van der Waals surface area contributed by atoms with Crippen LogP contribution in [0.5, 0.6) is 0 Å². The number of nitrogens with one attached hydrogen (secondary N) is 1. The van der Waals surface area contributed by atoms with Gasteiger partial charge in [0.15, 0.2) is 5.82 Å². The molecule has 0 saturated carbocycles. The van der Waals surface area contributed by atoms with Gasteiger partial charge in [0.1, 0.15) is 6.33 Å². The Morgan fingerprint density at radius 3 is 3.25 bits per heavy atom. The number of hydrogen-bond acceptors (Lipinski definition) is 5. The Labute approximate surface area is 95.6 Å². The fraction of sp³-hybridized carbons (Fsp3) is 0.444. The van der Waals surface area contributed by atoms with Gasteiger partial charge < -0.3 is 5.32 Å². The highest BCUT2D eigenvalue weighted by Gasteiger charge is 2.04. The van der Waals surface area contributed by atoms with Gasteiger partial charge in [-0.15, -0.1) is 10.2 Å². The highest BCUT2D eigenvalue weighted by Crippen LogP contribution is 2.08. The highest BCUT2D eigenvalue weighted by molar-refractivity contribution is 7.84. The first-order valence-electron chi connectivity index (χ1n) is 5.04. The van der Waals surface area contributed by atoms with Crippen molar-refractivity contribution in [2.75, 3.05) is 23.4 Å². The van der Waals surface area contributed by atoms with Crippen molar-refractivity contribution in [3.05, 3.63) is 18.7 Å². The maximum atomic E-state index is 11.2. The zero-order valence-corrected chi connectivity index (χ0v) is 9.78. The zero-order valence-electron chi connectivity index (χ0n) is 8.96. The van der Waals surface area contributed by atoms with E-state index in [1.165, 1.54) is 0 Å². The first-order chi connectivity index (χ1) is 7.81. The van der Waals surface area contributed by atoms with E-state index in [4.69, 9.17) is 0 Å². The van der Waals surface area contributed by atoms with Crippen LogP contribution in [-0.4, -0.2) is 41.8 Å². The van der Waals surface area contributed by atoms with Gasteiger partial charge in [-0.1, -0.05) is 6.92 Å². The molecule has 0 aliphatic rings. The predicted octanol–water partition coefficient (Wildman–Crippen LogP) is 0.305. The van der Waals surface area contributed by atoms with Crippen LogP contribution in [0.4, 0.5) is 5.82 Å². The molecule has 1 unspecified atom stereocenters. The van der Waals surface area contributed by atoms with Crippen molar-refractivity contribution in [3.63, 3.8) is 0 Å². The van der Waals surface area contributed by atoms with Crippen molar-refractivity contribution < 1.29 is 4.21 Å². The number of fused-ring (bicyclic) bond motifs is 1. The molecule has 0 saturated heterocycles. The van der Waals surface area contributed by atoms with Gasteiger partial charge in [0, 0.05) is 41.2 Å². The summed E-state index contributed by atoms with van der Waals surface area (Å²) in [6.07, 6.45) is 5.08. The smallest absolute Gasteiger partial charge is 0.203 e. The van der Waals surface area contributed by atoms with Crippen LogP contribution in [0.25, 0.3) is 5.65 Å². The molecule has 0 bridgehead atoms. The largest absolute Gasteiger partial charge is 0.366 e. The van der Waals surface area contributed by atoms with Crippen LogP contribution in [0.1, 0.15) is 6.92 Å². The van der Waals surface area contributed by atoms with E-state index in [0.29, 0.717) is 29.5 Å². The Bertz CT molecular complexity index is 497. The summed E-state index contributed by atoms with van der Waals surface area (Å²) in [6, 6.07) is 0. The van der Waals surface area contributed by atoms with Gasteiger partial charge in [-0.05, 0) is 0 Å². The second-order valence-electron chi connectivity index (χ2n) is 3.20. The molecule has 0 fully saturated rings. The lowest BCUT2D eigenvalue weighted by atomic mass is 10.6. The number of nitrogens with zero attached hydrogens (tertiary/aromatic N) is 4. The summed E-state index contributed by atoms with van der Waals surface area (Å²) in [5, 5.41) is 10.9. The Hall–Kier alpha value is -1.50. The van der Waals surface area contributed by atoms with Crippen LogP contribution in [0.3, 0.4) is 0 Å². The molecule has 2 aromatic rings. The van der Waals surface area contributed by atoms with E-state index in [-0.39, 0.29) is 0 Å². The average molecular weight is 239 g/mol. The number of anilines is 1. The van der Waals surface area contributed by atoms with Crippen molar-refractivity contribution in [3.8, 4) is 0 Å². The van der Waals surface area contributed by atoms with Gasteiger partial charge in [0.05, 0.1) is 0 Å². The van der Waals surface area contributed by atoms with Crippen molar-refractivity contribution in [1.29, 1.82) is 0 Å². The topological polar surface area (TPSA) is 72.2 Å². The third kappa shape index (κ3) is 2.35. The van der Waals surface area contributed by atoms with Gasteiger partial charge >= 0.3 is 0 Å². The molecule has 7 heteroatoms. The summed E-state index contributed by atoms with van der Waals surface area (Å²) >= 11 is 0. The van der Waals surface area contributed by atoms with Crippen molar-refractivity contribution in [1.82, 2.24) is 19.6 Å². The molecular weight excluding hydrogens is 226 g/mol. The van der Waals surface area contributed by atoms with E-state index in [2.05, 4.69) is 20.5 Å². The summed E-state index contributed by atoms with van der Waals surface area (Å²) < 4.78 is 13.0. The van der Waals surface area contributed by atoms with Crippen molar-refractivity contribution in [2.24, 2.45) is 0 Å². The molecule has 0 amide bonds. The van der Waals surface area contributed by atoms with Crippen LogP contribution < -0.4 is 5.32 Å². The summed E-state index contributed by atoms with van der Waals surface area (Å²) in [6.45, 7) is 2.54. The Balaban J connectivity index is 2.04. The van der Waals surface area contributed by atoms with Gasteiger partial charge in [-0.3, -0.25) is 8.61 Å². The minimum atomic E-state index is -0.758. The second kappa shape index (κ2) is 5.02. The number of aromatic nitrogens is 4. The molecule has 0 aliphatic carbocycles. The summed E-state index contributed by atoms with van der Waals surface area (Å²) in [5.41, 5.74) is 0.685. The van der Waals surface area contributed by atoms with E-state index >= 15 is 0 Å². The molecule has 0 aliphatic heterocycles. The van der Waals surface area contributed by atoms with E-state index in [0.717, 1.165) is 0 Å². The molecule has 2 aromatic heterocycles. The van der Waals surface area contributed by atoms with E-state index < -0.39 is 10.8 Å². The molecule has 1 N–H and O–H groups in total. The van der Waals surface area contributed by atoms with E-state index in [1.807, 2.05) is 6.92 Å². The summed E-state index contributed by atoms with van der Waals surface area (Å²) in [5.74, 6) is 1.98. The predicted molar refractivity (Wildman–Crippen MR) is 62.8 cm³/mol. The summed E-state index contributed by atoms with van der Waals surface area (Å²) in [4.78, 5) is 4.17. The van der Waals surface area contributed by atoms with Crippen molar-refractivity contribution in [2.45, 2.75) is 6.92 Å². The molecule has 16 heavy (non-hydrogen) atoms. The second-order valence-corrected chi connectivity index (χ2v) is 5.06. The standard InChI is InChI=1S/C9H13N5OS/c1-2-16(15)6-4-11-8-9-13-12-7-14(9)5-3-10-8/h3,5,7H,2,4,6H2,1H3,(H,10,11). The van der Waals surface area contributed by atoms with Gasteiger partial charge in [0.25, 0.3) is 0 Å². The van der Waals surface area contributed by atoms with E-state index in [1.54, 1.807) is 23.1 Å². The molecule has 6 nitrogen and oxygen atoms in total. The third-order valence-corrected chi connectivity index (χ3v) is 3.46. The van der Waals surface area contributed by atoms with Crippen LogP contribution in [0, 0.1) is 0 Å². The lowest BCUT2D eigenvalue weighted by Gasteiger charge is -2.04. The quantitative estimate of drug-likeness (QED) is 0.812. The first-order valence-corrected chi connectivity index (χ1v) is 6.53. The Morgan fingerprint density at radius 1 is 1.56 bits per heavy atom. The van der Waals surface area contributed by atoms with Crippen LogP contribution in [-0.2, 0) is 10.8 Å². The number of rotatable bonds is 5. The fourth-order valence-corrected chi connectivity index (χ4v) is 1.93. The normalized spacial score (nSPS) is 12.8. The van der Waals surface area contributed by atoms with Gasteiger partial charge in [0.2, 0.25) is 5.65 Å². The molecule has 86 valence electrons. The minimum absolute atomic E-state index is 0.618. The highest BCUT2D eigenvalue weighted by atomic mass is 32.2. The maximum Gasteiger partial charge on any atom is 0.203 e. The van der Waals surface area contributed by atoms with E-state index in [9.17, 15) is 4.21 Å². The third-order valence-electron chi connectivity index (χ3n) is 2.16. The molecule has 2 rings (SSSR count). The summed E-state index contributed by atoms with van der Waals surface area (Å²) in [7, 11) is -0.758. The molecule has 0 aromatic carbocycles. The lowest BCUT2D eigenvalue weighted by Crippen LogP contribution is -2.13. The molecule has 2 heterocycles. The maximum absolute atomic E-state index is 11.2. The molecule has 1 atom stereocenters. The first kappa shape index (κ1) is 11.0. The molecule has 0 spiro atoms. The molecule has 0 radical (unpaired) electrons. The fourth-order valence-electron chi connectivity index (χ4n) is 1.31. The lowest BCUT2D eigenvalue weighted by molar-refractivity contribution is 0.684. The van der Waals surface area contributed by atoms with Crippen molar-refractivity contribution >= 4 is 22.3 Å². The Kier molecular flexibility index (Phi) is 3.45. The Morgan fingerprint density at radius 2 is 2.44 bits per heavy atom. The van der Waals surface area contributed by atoms with Crippen LogP contribution in [0.15, 0.2) is 18.7 Å². The minimum Gasteiger partial charge on any atom is -0.366 e. The SMILES string of the molecule is CCS(=O)CCNc1nccn2cnnc12. The zero-order chi connectivity index (χ0) is 11.4. The monoisotopic (exact) mass is 239 g/mol.